The zero-order chi connectivity index (χ0) is 14.0. The molecule has 1 aliphatic heterocycles. The van der Waals surface area contributed by atoms with E-state index in [9.17, 15) is 9.59 Å². The fourth-order valence-corrected chi connectivity index (χ4v) is 2.88. The number of nitrogens with two attached hydrogens (primary N) is 1. The second-order valence-corrected chi connectivity index (χ2v) is 5.20. The molecule has 2 heterocycles. The number of anilines is 2. The van der Waals surface area contributed by atoms with E-state index < -0.39 is 6.04 Å². The Labute approximate surface area is 115 Å². The van der Waals surface area contributed by atoms with Gasteiger partial charge in [-0.05, 0) is 6.42 Å². The summed E-state index contributed by atoms with van der Waals surface area (Å²) in [5, 5.41) is 6.21. The maximum absolute atomic E-state index is 12.5. The van der Waals surface area contributed by atoms with Crippen LogP contribution < -0.4 is 16.4 Å². The molecule has 0 saturated carbocycles. The van der Waals surface area contributed by atoms with E-state index in [4.69, 9.17) is 5.73 Å². The predicted octanol–water partition coefficient (Wildman–Crippen LogP) is 0.118. The molecule has 1 aliphatic rings. The largest absolute Gasteiger partial charge is 0.382 e. The van der Waals surface area contributed by atoms with Crippen molar-refractivity contribution in [2.45, 2.75) is 19.4 Å². The molecule has 104 valence electrons. The van der Waals surface area contributed by atoms with Gasteiger partial charge in [-0.25, -0.2) is 4.98 Å². The molecule has 1 aromatic heterocycles. The molecule has 19 heavy (non-hydrogen) atoms. The average Bonchev–Trinajstić information content (AvgIpc) is 2.79. The first-order valence-corrected chi connectivity index (χ1v) is 6.92. The summed E-state index contributed by atoms with van der Waals surface area (Å²) in [6, 6.07) is -0.430. The molecule has 0 spiro atoms. The van der Waals surface area contributed by atoms with Crippen molar-refractivity contribution in [3.8, 4) is 0 Å². The molecule has 0 aliphatic carbocycles. The molecule has 1 atom stereocenters. The van der Waals surface area contributed by atoms with E-state index in [1.54, 1.807) is 11.9 Å². The lowest BCUT2D eigenvalue weighted by Crippen LogP contribution is -2.56. The lowest BCUT2D eigenvalue weighted by molar-refractivity contribution is -0.127. The Morgan fingerprint density at radius 1 is 1.68 bits per heavy atom. The topological polar surface area (TPSA) is 100 Å². The summed E-state index contributed by atoms with van der Waals surface area (Å²) >= 11 is 1.20. The molecule has 8 heteroatoms. The van der Waals surface area contributed by atoms with Crippen molar-refractivity contribution in [3.63, 3.8) is 0 Å². The van der Waals surface area contributed by atoms with Gasteiger partial charge in [-0.1, -0.05) is 18.3 Å². The van der Waals surface area contributed by atoms with Crippen LogP contribution >= 0.6 is 11.3 Å². The number of aromatic nitrogens is 1. The summed E-state index contributed by atoms with van der Waals surface area (Å²) < 4.78 is 0. The number of nitrogens with one attached hydrogen (secondary N) is 2. The molecule has 1 unspecified atom stereocenters. The van der Waals surface area contributed by atoms with Crippen molar-refractivity contribution in [2.24, 2.45) is 0 Å². The summed E-state index contributed by atoms with van der Waals surface area (Å²) in [6.45, 7) is 2.85. The molecule has 0 radical (unpaired) electrons. The van der Waals surface area contributed by atoms with E-state index >= 15 is 0 Å². The molecule has 1 fully saturated rings. The van der Waals surface area contributed by atoms with Crippen LogP contribution in [0.25, 0.3) is 0 Å². The number of carbonyl (C=O) groups excluding carboxylic acids is 2. The number of carbonyl (C=O) groups is 2. The van der Waals surface area contributed by atoms with Gasteiger partial charge in [0.25, 0.3) is 5.91 Å². The summed E-state index contributed by atoms with van der Waals surface area (Å²) in [6.07, 6.45) is 0.579. The number of thiazole rings is 1. The minimum Gasteiger partial charge on any atom is -0.382 e. The van der Waals surface area contributed by atoms with Crippen LogP contribution in [0.4, 0.5) is 10.9 Å². The highest BCUT2D eigenvalue weighted by Gasteiger charge is 2.33. The highest BCUT2D eigenvalue weighted by atomic mass is 32.1. The Hall–Kier alpha value is -1.83. The van der Waals surface area contributed by atoms with Crippen LogP contribution in [-0.2, 0) is 4.79 Å². The van der Waals surface area contributed by atoms with Gasteiger partial charge in [0, 0.05) is 20.1 Å². The third-order valence-corrected chi connectivity index (χ3v) is 4.12. The van der Waals surface area contributed by atoms with Crippen molar-refractivity contribution < 1.29 is 9.59 Å². The highest BCUT2D eigenvalue weighted by Crippen LogP contribution is 2.27. The average molecular weight is 283 g/mol. The van der Waals surface area contributed by atoms with Crippen molar-refractivity contribution in [1.82, 2.24) is 15.2 Å². The fourth-order valence-electron chi connectivity index (χ4n) is 2.09. The van der Waals surface area contributed by atoms with Gasteiger partial charge in [-0.3, -0.25) is 9.59 Å². The fraction of sp³-hybridized carbons (Fsp3) is 0.545. The summed E-state index contributed by atoms with van der Waals surface area (Å²) in [5.74, 6) is -0.127. The summed E-state index contributed by atoms with van der Waals surface area (Å²) in [5.41, 5.74) is 5.76. The smallest absolute Gasteiger partial charge is 0.268 e. The van der Waals surface area contributed by atoms with Gasteiger partial charge in [0.15, 0.2) is 5.13 Å². The highest BCUT2D eigenvalue weighted by molar-refractivity contribution is 7.18. The monoisotopic (exact) mass is 283 g/mol. The van der Waals surface area contributed by atoms with Crippen LogP contribution in [0.5, 0.6) is 0 Å². The van der Waals surface area contributed by atoms with E-state index in [0.29, 0.717) is 29.5 Å². The van der Waals surface area contributed by atoms with E-state index in [1.807, 2.05) is 6.92 Å². The zero-order valence-electron chi connectivity index (χ0n) is 10.9. The quantitative estimate of drug-likeness (QED) is 0.731. The number of piperazine rings is 1. The van der Waals surface area contributed by atoms with E-state index in [2.05, 4.69) is 15.6 Å². The van der Waals surface area contributed by atoms with Gasteiger partial charge in [-0.2, -0.15) is 0 Å². The Morgan fingerprint density at radius 3 is 3.00 bits per heavy atom. The molecule has 4 N–H and O–H groups in total. The molecular weight excluding hydrogens is 266 g/mol. The van der Waals surface area contributed by atoms with Crippen LogP contribution in [0, 0.1) is 0 Å². The Bertz CT molecular complexity index is 501. The van der Waals surface area contributed by atoms with Crippen LogP contribution in [-0.4, -0.2) is 47.9 Å². The van der Waals surface area contributed by atoms with Crippen LogP contribution in [0.15, 0.2) is 0 Å². The van der Waals surface area contributed by atoms with Gasteiger partial charge >= 0.3 is 0 Å². The number of hydrogen-bond acceptors (Lipinski definition) is 6. The Kier molecular flexibility index (Phi) is 3.89. The summed E-state index contributed by atoms with van der Waals surface area (Å²) in [4.78, 5) is 30.2. The maximum Gasteiger partial charge on any atom is 0.268 e. The van der Waals surface area contributed by atoms with Crippen molar-refractivity contribution in [2.75, 3.05) is 31.2 Å². The lowest BCUT2D eigenvalue weighted by Gasteiger charge is -2.34. The van der Waals surface area contributed by atoms with Gasteiger partial charge in [0.05, 0.1) is 0 Å². The van der Waals surface area contributed by atoms with Crippen molar-refractivity contribution in [3.05, 3.63) is 4.88 Å². The second kappa shape index (κ2) is 5.43. The predicted molar refractivity (Wildman–Crippen MR) is 74.2 cm³/mol. The standard InChI is InChI=1S/C11H17N5O2S/c1-3-6-9(17)14-4-5-16(6)10(18)7-8(12)15-11(13-2)19-7/h6H,3-5,12H2,1-2H3,(H,13,15)(H,14,17). The molecule has 0 bridgehead atoms. The molecular formula is C11H17N5O2S. The van der Waals surface area contributed by atoms with Gasteiger partial charge < -0.3 is 21.3 Å². The van der Waals surface area contributed by atoms with Gasteiger partial charge in [-0.15, -0.1) is 0 Å². The van der Waals surface area contributed by atoms with Crippen LogP contribution in [0.3, 0.4) is 0 Å². The normalized spacial score (nSPS) is 19.2. The second-order valence-electron chi connectivity index (χ2n) is 4.20. The maximum atomic E-state index is 12.5. The van der Waals surface area contributed by atoms with E-state index in [-0.39, 0.29) is 17.6 Å². The van der Waals surface area contributed by atoms with Gasteiger partial charge in [0.1, 0.15) is 16.7 Å². The SMILES string of the molecule is CCC1C(=O)NCCN1C(=O)c1sc(NC)nc1N. The zero-order valence-corrected chi connectivity index (χ0v) is 11.7. The van der Waals surface area contributed by atoms with Crippen LogP contribution in [0.1, 0.15) is 23.0 Å². The first-order valence-electron chi connectivity index (χ1n) is 6.11. The molecule has 0 aromatic carbocycles. The van der Waals surface area contributed by atoms with Crippen LogP contribution in [0.2, 0.25) is 0 Å². The molecule has 2 rings (SSSR count). The van der Waals surface area contributed by atoms with E-state index in [1.165, 1.54) is 11.3 Å². The first kappa shape index (κ1) is 13.6. The third-order valence-electron chi connectivity index (χ3n) is 3.04. The minimum absolute atomic E-state index is 0.112. The Morgan fingerprint density at radius 2 is 2.42 bits per heavy atom. The number of rotatable bonds is 3. The number of amides is 2. The third kappa shape index (κ3) is 2.48. The number of nitrogen functional groups attached to an aromatic ring is 1. The molecule has 7 nitrogen and oxygen atoms in total. The first-order chi connectivity index (χ1) is 9.08. The molecule has 2 amide bonds. The molecule has 1 saturated heterocycles. The Balaban J connectivity index is 2.26. The lowest BCUT2D eigenvalue weighted by atomic mass is 10.1. The summed E-state index contributed by atoms with van der Waals surface area (Å²) in [7, 11) is 1.72. The van der Waals surface area contributed by atoms with Gasteiger partial charge in [0.2, 0.25) is 5.91 Å². The van der Waals surface area contributed by atoms with Crippen molar-refractivity contribution >= 4 is 34.1 Å². The minimum atomic E-state index is -0.430. The van der Waals surface area contributed by atoms with Crippen molar-refractivity contribution in [1.29, 1.82) is 0 Å². The molecule has 1 aromatic rings. The number of nitrogens with zero attached hydrogens (tertiary/aromatic N) is 2. The number of hydrogen-bond donors (Lipinski definition) is 3. The van der Waals surface area contributed by atoms with E-state index in [0.717, 1.165) is 0 Å².